The van der Waals surface area contributed by atoms with Crippen molar-refractivity contribution >= 4 is 51.6 Å². The van der Waals surface area contributed by atoms with Crippen LogP contribution in [0.15, 0.2) is 78.9 Å². The summed E-state index contributed by atoms with van der Waals surface area (Å²) in [6, 6.07) is 23.3. The van der Waals surface area contributed by atoms with E-state index in [0.29, 0.717) is 5.57 Å². The van der Waals surface area contributed by atoms with Gasteiger partial charge in [-0.05, 0) is 72.4 Å². The van der Waals surface area contributed by atoms with E-state index in [-0.39, 0.29) is 12.2 Å². The summed E-state index contributed by atoms with van der Waals surface area (Å²) in [5, 5.41) is 7.35. The fraction of sp³-hybridized carbons (Fsp3) is 0.192. The van der Waals surface area contributed by atoms with Gasteiger partial charge in [-0.1, -0.05) is 66.6 Å². The molecule has 0 N–H and O–H groups in total. The minimum atomic E-state index is -0.341. The Kier molecular flexibility index (Phi) is 6.58. The average Bonchev–Trinajstić information content (AvgIpc) is 2.72. The summed E-state index contributed by atoms with van der Waals surface area (Å²) in [7, 11) is 9.85. The number of carbonyl (C=O) groups is 1. The molecule has 0 saturated carbocycles. The molecule has 0 saturated heterocycles. The predicted octanol–water partition coefficient (Wildman–Crippen LogP) is 4.95. The molecule has 0 aliphatic rings. The maximum absolute atomic E-state index is 10.9. The molecule has 4 rings (SSSR count). The third-order valence-corrected chi connectivity index (χ3v) is 5.11. The zero-order chi connectivity index (χ0) is 21.8. The second kappa shape index (κ2) is 9.14. The van der Waals surface area contributed by atoms with Crippen LogP contribution in [0, 0.1) is 0 Å². The number of esters is 1. The fourth-order valence-corrected chi connectivity index (χ4v) is 3.19. The molecule has 0 heterocycles. The molecular weight excluding hydrogens is 369 g/mol. The summed E-state index contributed by atoms with van der Waals surface area (Å²) in [5.41, 5.74) is 1.28. The monoisotopic (exact) mass is 395 g/mol. The normalized spacial score (nSPS) is 11.9. The zero-order valence-corrected chi connectivity index (χ0v) is 18.0. The second-order valence-electron chi connectivity index (χ2n) is 7.68. The fourth-order valence-electron chi connectivity index (χ4n) is 3.19. The molecule has 4 heteroatoms. The van der Waals surface area contributed by atoms with Gasteiger partial charge in [-0.2, -0.15) is 0 Å². The van der Waals surface area contributed by atoms with Gasteiger partial charge in [0, 0.05) is 5.57 Å². The summed E-state index contributed by atoms with van der Waals surface area (Å²) < 4.78 is 4.96. The lowest BCUT2D eigenvalue weighted by atomic mass is 9.87. The molecule has 150 valence electrons. The van der Waals surface area contributed by atoms with Crippen LogP contribution >= 0.6 is 0 Å². The topological polar surface area (TPSA) is 29.5 Å². The Labute approximate surface area is 179 Å². The Bertz CT molecular complexity index is 1230. The van der Waals surface area contributed by atoms with E-state index in [4.69, 9.17) is 12.6 Å². The first-order chi connectivity index (χ1) is 14.3. The minimum absolute atomic E-state index is 0.195. The van der Waals surface area contributed by atoms with Crippen molar-refractivity contribution in [2.45, 2.75) is 20.1 Å². The van der Waals surface area contributed by atoms with E-state index in [1.54, 1.807) is 18.7 Å². The van der Waals surface area contributed by atoms with Crippen LogP contribution in [0.1, 0.15) is 13.8 Å². The highest BCUT2D eigenvalue weighted by Gasteiger charge is 2.10. The van der Waals surface area contributed by atoms with Crippen LogP contribution in [0.4, 0.5) is 0 Å². The van der Waals surface area contributed by atoms with E-state index in [0.717, 1.165) is 10.8 Å². The quantitative estimate of drug-likeness (QED) is 0.123. The molecule has 4 aromatic rings. The van der Waals surface area contributed by atoms with E-state index in [1.807, 2.05) is 26.2 Å². The summed E-state index contributed by atoms with van der Waals surface area (Å²) >= 11 is 0. The molecule has 1 atom stereocenters. The molecule has 0 aliphatic carbocycles. The van der Waals surface area contributed by atoms with Crippen molar-refractivity contribution in [1.82, 2.24) is 4.90 Å². The van der Waals surface area contributed by atoms with E-state index in [1.165, 1.54) is 26.9 Å². The third-order valence-electron chi connectivity index (χ3n) is 5.11. The van der Waals surface area contributed by atoms with Crippen molar-refractivity contribution in [1.29, 1.82) is 0 Å². The summed E-state index contributed by atoms with van der Waals surface area (Å²) in [5.74, 6) is -0.341. The molecule has 4 aromatic carbocycles. The van der Waals surface area contributed by atoms with Gasteiger partial charge in [-0.15, -0.1) is 0 Å². The van der Waals surface area contributed by atoms with E-state index in [2.05, 4.69) is 61.2 Å². The van der Waals surface area contributed by atoms with Crippen LogP contribution in [0.5, 0.6) is 0 Å². The van der Waals surface area contributed by atoms with Crippen molar-refractivity contribution in [3.05, 3.63) is 78.9 Å². The van der Waals surface area contributed by atoms with Crippen molar-refractivity contribution < 1.29 is 9.53 Å². The Morgan fingerprint density at radius 3 is 2.17 bits per heavy atom. The van der Waals surface area contributed by atoms with Gasteiger partial charge in [-0.25, -0.2) is 4.79 Å². The van der Waals surface area contributed by atoms with Gasteiger partial charge < -0.3 is 4.74 Å². The molecule has 0 aliphatic heterocycles. The number of carbonyl (C=O) groups excluding carboxylic acids is 1. The van der Waals surface area contributed by atoms with Crippen LogP contribution in [-0.4, -0.2) is 39.0 Å². The van der Waals surface area contributed by atoms with Crippen molar-refractivity contribution in [2.24, 2.45) is 0 Å². The Morgan fingerprint density at radius 2 is 1.53 bits per heavy atom. The molecule has 0 amide bonds. The van der Waals surface area contributed by atoms with Gasteiger partial charge in [-0.3, -0.25) is 4.90 Å². The number of benzene rings is 4. The SMILES string of the molecule is C=C(C)C(=O)OC(C)N(C)C.[B]c1cccc2ccc3cc4ccccc4cc3c12. The Hall–Kier alpha value is -3.11. The van der Waals surface area contributed by atoms with E-state index in [9.17, 15) is 4.79 Å². The number of ether oxygens (including phenoxy) is 1. The lowest BCUT2D eigenvalue weighted by Crippen LogP contribution is -2.30. The number of hydrogen-bond acceptors (Lipinski definition) is 3. The average molecular weight is 395 g/mol. The van der Waals surface area contributed by atoms with Crippen LogP contribution < -0.4 is 5.46 Å². The van der Waals surface area contributed by atoms with E-state index >= 15 is 0 Å². The number of fused-ring (bicyclic) bond motifs is 4. The van der Waals surface area contributed by atoms with Crippen LogP contribution in [0.2, 0.25) is 0 Å². The summed E-state index contributed by atoms with van der Waals surface area (Å²) in [4.78, 5) is 12.7. The first kappa shape index (κ1) is 21.6. The molecule has 30 heavy (non-hydrogen) atoms. The summed E-state index contributed by atoms with van der Waals surface area (Å²) in [6.07, 6.45) is -0.195. The smallest absolute Gasteiger partial charge is 0.334 e. The highest BCUT2D eigenvalue weighted by molar-refractivity contribution is 6.41. The zero-order valence-electron chi connectivity index (χ0n) is 18.0. The van der Waals surface area contributed by atoms with Crippen LogP contribution in [-0.2, 0) is 9.53 Å². The molecular formula is C26H26BNO2. The minimum Gasteiger partial charge on any atom is -0.443 e. The molecule has 2 radical (unpaired) electrons. The lowest BCUT2D eigenvalue weighted by Gasteiger charge is -2.19. The molecule has 1 unspecified atom stereocenters. The molecule has 0 spiro atoms. The lowest BCUT2D eigenvalue weighted by molar-refractivity contribution is -0.150. The number of hydrogen-bond donors (Lipinski definition) is 0. The predicted molar refractivity (Wildman–Crippen MR) is 128 cm³/mol. The highest BCUT2D eigenvalue weighted by atomic mass is 16.6. The van der Waals surface area contributed by atoms with Gasteiger partial charge in [0.25, 0.3) is 0 Å². The van der Waals surface area contributed by atoms with Gasteiger partial charge in [0.15, 0.2) is 6.23 Å². The first-order valence-electron chi connectivity index (χ1n) is 9.90. The van der Waals surface area contributed by atoms with Crippen molar-refractivity contribution in [3.63, 3.8) is 0 Å². The Morgan fingerprint density at radius 1 is 0.933 bits per heavy atom. The molecule has 3 nitrogen and oxygen atoms in total. The third kappa shape index (κ3) is 4.72. The van der Waals surface area contributed by atoms with Gasteiger partial charge in [0.1, 0.15) is 7.85 Å². The molecule has 0 bridgehead atoms. The summed E-state index contributed by atoms with van der Waals surface area (Å²) in [6.45, 7) is 6.91. The maximum atomic E-state index is 10.9. The largest absolute Gasteiger partial charge is 0.443 e. The van der Waals surface area contributed by atoms with Crippen molar-refractivity contribution in [3.8, 4) is 0 Å². The highest BCUT2D eigenvalue weighted by Crippen LogP contribution is 2.28. The van der Waals surface area contributed by atoms with Gasteiger partial charge in [0.2, 0.25) is 0 Å². The first-order valence-corrected chi connectivity index (χ1v) is 9.90. The molecule has 0 fully saturated rings. The molecule has 0 aromatic heterocycles. The van der Waals surface area contributed by atoms with Gasteiger partial charge in [0.05, 0.1) is 0 Å². The Balaban J connectivity index is 0.000000202. The van der Waals surface area contributed by atoms with Crippen LogP contribution in [0.3, 0.4) is 0 Å². The number of nitrogens with zero attached hydrogens (tertiary/aromatic N) is 1. The standard InChI is InChI=1S/C18H11B.C8H15NO2/c19-17-7-3-6-12-8-9-15-10-13-4-1-2-5-14(13)11-16(15)18(12)17;1-6(2)8(10)11-7(3)9(4)5/h1-11H;7H,1H2,2-5H3. The number of rotatable bonds is 3. The maximum Gasteiger partial charge on any atom is 0.334 e. The van der Waals surface area contributed by atoms with Gasteiger partial charge >= 0.3 is 5.97 Å². The second-order valence-corrected chi connectivity index (χ2v) is 7.68. The van der Waals surface area contributed by atoms with E-state index < -0.39 is 0 Å². The van der Waals surface area contributed by atoms with Crippen molar-refractivity contribution in [2.75, 3.05) is 14.1 Å². The van der Waals surface area contributed by atoms with Crippen LogP contribution in [0.25, 0.3) is 32.3 Å².